The lowest BCUT2D eigenvalue weighted by Gasteiger charge is -2.14. The third kappa shape index (κ3) is 5.99. The Hall–Kier alpha value is -3.33. The van der Waals surface area contributed by atoms with E-state index in [1.807, 2.05) is 12.1 Å². The number of carbonyl (C=O) groups excluding carboxylic acids is 2. The summed E-state index contributed by atoms with van der Waals surface area (Å²) in [5, 5.41) is 11.3. The Morgan fingerprint density at radius 3 is 2.44 bits per heavy atom. The van der Waals surface area contributed by atoms with Gasteiger partial charge >= 0.3 is 5.97 Å². The number of rotatable bonds is 7. The lowest BCUT2D eigenvalue weighted by Crippen LogP contribution is -2.41. The first-order valence-corrected chi connectivity index (χ1v) is 7.71. The maximum Gasteiger partial charge on any atom is 0.328 e. The molecule has 0 aliphatic heterocycles. The summed E-state index contributed by atoms with van der Waals surface area (Å²) in [6, 6.07) is 16.9. The van der Waals surface area contributed by atoms with Crippen LogP contribution in [0.3, 0.4) is 0 Å². The summed E-state index contributed by atoms with van der Waals surface area (Å²) < 4.78 is 10.5. The molecule has 0 radical (unpaired) electrons. The standard InChI is InChI=1S/C19H18N2O4/c1-14(21-18(22)13-24-17-5-3-2-4-6-17)19(23)25-12-16-9-7-15(11-20)8-10-16/h2-10,14H,12-13H2,1H3,(H,21,22)/t14-/m0/s1. The van der Waals surface area contributed by atoms with Crippen molar-refractivity contribution in [3.63, 3.8) is 0 Å². The smallest absolute Gasteiger partial charge is 0.328 e. The van der Waals surface area contributed by atoms with Gasteiger partial charge in [0.2, 0.25) is 0 Å². The normalized spacial score (nSPS) is 11.0. The highest BCUT2D eigenvalue weighted by atomic mass is 16.5. The Labute approximate surface area is 146 Å². The minimum Gasteiger partial charge on any atom is -0.484 e. The van der Waals surface area contributed by atoms with Crippen LogP contribution in [0.15, 0.2) is 54.6 Å². The monoisotopic (exact) mass is 338 g/mol. The topological polar surface area (TPSA) is 88.4 Å². The molecule has 0 saturated heterocycles. The number of ether oxygens (including phenoxy) is 2. The van der Waals surface area contributed by atoms with Gasteiger partial charge in [-0.15, -0.1) is 0 Å². The van der Waals surface area contributed by atoms with Crippen molar-refractivity contribution in [2.75, 3.05) is 6.61 Å². The second-order valence-corrected chi connectivity index (χ2v) is 5.31. The van der Waals surface area contributed by atoms with Gasteiger partial charge < -0.3 is 14.8 Å². The predicted molar refractivity (Wildman–Crippen MR) is 90.5 cm³/mol. The molecule has 2 aromatic rings. The Balaban J connectivity index is 1.73. The fraction of sp³-hybridized carbons (Fsp3) is 0.211. The maximum absolute atomic E-state index is 11.9. The Kier molecular flexibility index (Phi) is 6.55. The second-order valence-electron chi connectivity index (χ2n) is 5.31. The number of nitrogens with one attached hydrogen (secondary N) is 1. The Morgan fingerprint density at radius 2 is 1.80 bits per heavy atom. The Bertz CT molecular complexity index is 751. The Morgan fingerprint density at radius 1 is 1.12 bits per heavy atom. The van der Waals surface area contributed by atoms with Crippen LogP contribution in [-0.4, -0.2) is 24.5 Å². The van der Waals surface area contributed by atoms with E-state index in [-0.39, 0.29) is 13.2 Å². The third-order valence-electron chi connectivity index (χ3n) is 3.31. The van der Waals surface area contributed by atoms with Crippen LogP contribution in [0.4, 0.5) is 0 Å². The number of benzene rings is 2. The van der Waals surface area contributed by atoms with E-state index < -0.39 is 17.9 Å². The van der Waals surface area contributed by atoms with Crippen LogP contribution >= 0.6 is 0 Å². The zero-order valence-electron chi connectivity index (χ0n) is 13.8. The molecule has 0 unspecified atom stereocenters. The number of amides is 1. The molecule has 2 rings (SSSR count). The van der Waals surface area contributed by atoms with Gasteiger partial charge in [0.1, 0.15) is 18.4 Å². The number of carbonyl (C=O) groups is 2. The number of esters is 1. The molecule has 0 saturated carbocycles. The summed E-state index contributed by atoms with van der Waals surface area (Å²) in [7, 11) is 0. The van der Waals surface area contributed by atoms with Crippen molar-refractivity contribution >= 4 is 11.9 Å². The summed E-state index contributed by atoms with van der Waals surface area (Å²) in [5.74, 6) is -0.377. The van der Waals surface area contributed by atoms with E-state index in [0.717, 1.165) is 5.56 Å². The van der Waals surface area contributed by atoms with E-state index in [9.17, 15) is 9.59 Å². The highest BCUT2D eigenvalue weighted by molar-refractivity contribution is 5.84. The van der Waals surface area contributed by atoms with E-state index in [1.54, 1.807) is 55.5 Å². The van der Waals surface area contributed by atoms with Gasteiger partial charge in [-0.25, -0.2) is 4.79 Å². The number of nitrogens with zero attached hydrogens (tertiary/aromatic N) is 1. The number of hydrogen-bond acceptors (Lipinski definition) is 5. The molecule has 1 amide bonds. The number of nitriles is 1. The van der Waals surface area contributed by atoms with Gasteiger partial charge in [0.15, 0.2) is 6.61 Å². The third-order valence-corrected chi connectivity index (χ3v) is 3.31. The van der Waals surface area contributed by atoms with Crippen molar-refractivity contribution in [3.8, 4) is 11.8 Å². The molecule has 0 aromatic heterocycles. The summed E-state index contributed by atoms with van der Waals surface area (Å²) in [4.78, 5) is 23.7. The van der Waals surface area contributed by atoms with E-state index in [2.05, 4.69) is 5.32 Å². The zero-order valence-corrected chi connectivity index (χ0v) is 13.8. The molecule has 6 nitrogen and oxygen atoms in total. The largest absolute Gasteiger partial charge is 0.484 e. The van der Waals surface area contributed by atoms with Crippen molar-refractivity contribution in [1.82, 2.24) is 5.32 Å². The first-order valence-electron chi connectivity index (χ1n) is 7.71. The molecule has 0 bridgehead atoms. The van der Waals surface area contributed by atoms with E-state index in [1.165, 1.54) is 0 Å². The average molecular weight is 338 g/mol. The molecular formula is C19H18N2O4. The molecule has 128 valence electrons. The summed E-state index contributed by atoms with van der Waals surface area (Å²) in [6.07, 6.45) is 0. The van der Waals surface area contributed by atoms with E-state index in [0.29, 0.717) is 11.3 Å². The fourth-order valence-electron chi connectivity index (χ4n) is 1.96. The van der Waals surface area contributed by atoms with Crippen molar-refractivity contribution in [2.45, 2.75) is 19.6 Å². The highest BCUT2D eigenvalue weighted by Gasteiger charge is 2.17. The van der Waals surface area contributed by atoms with Crippen LogP contribution in [0.1, 0.15) is 18.1 Å². The van der Waals surface area contributed by atoms with Gasteiger partial charge in [-0.2, -0.15) is 5.26 Å². The molecule has 1 N–H and O–H groups in total. The molecule has 25 heavy (non-hydrogen) atoms. The first-order chi connectivity index (χ1) is 12.1. The lowest BCUT2D eigenvalue weighted by atomic mass is 10.2. The van der Waals surface area contributed by atoms with Crippen LogP contribution in [0, 0.1) is 11.3 Å². The quantitative estimate of drug-likeness (QED) is 0.782. The van der Waals surface area contributed by atoms with E-state index >= 15 is 0 Å². The van der Waals surface area contributed by atoms with Gasteiger partial charge in [0.05, 0.1) is 11.6 Å². The number of hydrogen-bond donors (Lipinski definition) is 1. The molecule has 0 aliphatic carbocycles. The minimum atomic E-state index is -0.787. The van der Waals surface area contributed by atoms with Crippen LogP contribution < -0.4 is 10.1 Å². The number of para-hydroxylation sites is 1. The molecule has 6 heteroatoms. The fourth-order valence-corrected chi connectivity index (χ4v) is 1.96. The van der Waals surface area contributed by atoms with Gasteiger partial charge in [0.25, 0.3) is 5.91 Å². The van der Waals surface area contributed by atoms with Gasteiger partial charge in [-0.3, -0.25) is 4.79 Å². The zero-order chi connectivity index (χ0) is 18.1. The van der Waals surface area contributed by atoms with Crippen LogP contribution in [0.5, 0.6) is 5.75 Å². The SMILES string of the molecule is C[C@H](NC(=O)COc1ccccc1)C(=O)OCc1ccc(C#N)cc1. The maximum atomic E-state index is 11.9. The van der Waals surface area contributed by atoms with Crippen molar-refractivity contribution in [3.05, 3.63) is 65.7 Å². The van der Waals surface area contributed by atoms with E-state index in [4.69, 9.17) is 14.7 Å². The van der Waals surface area contributed by atoms with Crippen LogP contribution in [0.2, 0.25) is 0 Å². The predicted octanol–water partition coefficient (Wildman–Crippen LogP) is 2.19. The molecule has 0 fully saturated rings. The lowest BCUT2D eigenvalue weighted by molar-refractivity contribution is -0.148. The summed E-state index contributed by atoms with van der Waals surface area (Å²) in [5.41, 5.74) is 1.30. The van der Waals surface area contributed by atoms with Crippen molar-refractivity contribution in [2.24, 2.45) is 0 Å². The molecule has 1 atom stereocenters. The second kappa shape index (κ2) is 9.08. The minimum absolute atomic E-state index is 0.0747. The molecule has 0 spiro atoms. The van der Waals surface area contributed by atoms with Gasteiger partial charge in [-0.1, -0.05) is 30.3 Å². The van der Waals surface area contributed by atoms with Gasteiger partial charge in [-0.05, 0) is 36.8 Å². The van der Waals surface area contributed by atoms with Gasteiger partial charge in [0, 0.05) is 0 Å². The molecular weight excluding hydrogens is 320 g/mol. The first kappa shape index (κ1) is 18.0. The molecule has 0 aliphatic rings. The average Bonchev–Trinajstić information content (AvgIpc) is 2.65. The summed E-state index contributed by atoms with van der Waals surface area (Å²) in [6.45, 7) is 1.43. The van der Waals surface area contributed by atoms with Crippen LogP contribution in [-0.2, 0) is 20.9 Å². The van der Waals surface area contributed by atoms with Crippen molar-refractivity contribution < 1.29 is 19.1 Å². The van der Waals surface area contributed by atoms with Crippen LogP contribution in [0.25, 0.3) is 0 Å². The molecule has 0 heterocycles. The molecule has 2 aromatic carbocycles. The highest BCUT2D eigenvalue weighted by Crippen LogP contribution is 2.08. The summed E-state index contributed by atoms with van der Waals surface area (Å²) >= 11 is 0. The van der Waals surface area contributed by atoms with Crippen molar-refractivity contribution in [1.29, 1.82) is 5.26 Å².